The smallest absolute Gasteiger partial charge is 0.255 e. The van der Waals surface area contributed by atoms with Crippen LogP contribution in [-0.4, -0.2) is 35.0 Å². The molecule has 0 radical (unpaired) electrons. The van der Waals surface area contributed by atoms with Crippen LogP contribution in [0.25, 0.3) is 0 Å². The van der Waals surface area contributed by atoms with E-state index in [1.165, 1.54) is 11.8 Å². The molecule has 3 rings (SSSR count). The van der Waals surface area contributed by atoms with Crippen molar-refractivity contribution < 1.29 is 19.1 Å². The molecule has 0 aliphatic carbocycles. The van der Waals surface area contributed by atoms with E-state index >= 15 is 0 Å². The summed E-state index contributed by atoms with van der Waals surface area (Å²) in [6.45, 7) is 4.93. The highest BCUT2D eigenvalue weighted by Crippen LogP contribution is 2.46. The van der Waals surface area contributed by atoms with E-state index < -0.39 is 17.7 Å². The predicted octanol–water partition coefficient (Wildman–Crippen LogP) is 1.54. The Morgan fingerprint density at radius 1 is 1.45 bits per heavy atom. The molecule has 0 saturated carbocycles. The molecule has 0 N–H and O–H groups in total. The molecular weight excluding hydrogens is 284 g/mol. The van der Waals surface area contributed by atoms with Crippen LogP contribution < -0.4 is 4.74 Å². The highest BCUT2D eigenvalue weighted by Gasteiger charge is 2.52. The van der Waals surface area contributed by atoms with Crippen molar-refractivity contribution in [3.63, 3.8) is 0 Å². The number of amides is 2. The summed E-state index contributed by atoms with van der Waals surface area (Å²) in [6, 6.07) is 6.49. The molecule has 1 aromatic carbocycles. The highest BCUT2D eigenvalue weighted by molar-refractivity contribution is 5.96. The Morgan fingerprint density at radius 3 is 2.82 bits per heavy atom. The largest absolute Gasteiger partial charge is 0.485 e. The van der Waals surface area contributed by atoms with Crippen molar-refractivity contribution in [2.24, 2.45) is 0 Å². The topological polar surface area (TPSA) is 79.6 Å². The number of fused-ring (bicyclic) bond motifs is 3. The van der Waals surface area contributed by atoms with E-state index in [0.29, 0.717) is 16.9 Å². The number of carbonyl (C=O) groups excluding carboxylic acids is 2. The third-order valence-corrected chi connectivity index (χ3v) is 4.07. The van der Waals surface area contributed by atoms with Gasteiger partial charge < -0.3 is 9.47 Å². The monoisotopic (exact) mass is 300 g/mol. The summed E-state index contributed by atoms with van der Waals surface area (Å²) in [5, 5.41) is 9.10. The maximum absolute atomic E-state index is 12.1. The van der Waals surface area contributed by atoms with E-state index in [-0.39, 0.29) is 18.4 Å². The van der Waals surface area contributed by atoms with Gasteiger partial charge in [-0.05, 0) is 32.0 Å². The van der Waals surface area contributed by atoms with Crippen molar-refractivity contribution in [1.29, 1.82) is 5.26 Å². The molecule has 2 aliphatic rings. The average Bonchev–Trinajstić information content (AvgIpc) is 2.45. The van der Waals surface area contributed by atoms with Crippen LogP contribution in [0.4, 0.5) is 0 Å². The molecule has 6 nitrogen and oxygen atoms in total. The molecule has 1 fully saturated rings. The van der Waals surface area contributed by atoms with Gasteiger partial charge in [-0.3, -0.25) is 14.5 Å². The molecule has 2 amide bonds. The van der Waals surface area contributed by atoms with Crippen molar-refractivity contribution in [2.75, 3.05) is 6.61 Å². The van der Waals surface area contributed by atoms with Gasteiger partial charge in [-0.2, -0.15) is 5.26 Å². The molecule has 2 aliphatic heterocycles. The fourth-order valence-electron chi connectivity index (χ4n) is 3.15. The minimum Gasteiger partial charge on any atom is -0.485 e. The summed E-state index contributed by atoms with van der Waals surface area (Å²) in [5.41, 5.74) is 0.384. The fourth-order valence-corrected chi connectivity index (χ4v) is 3.15. The summed E-state index contributed by atoms with van der Waals surface area (Å²) in [5.74, 6) is -0.149. The first-order chi connectivity index (χ1) is 10.3. The first-order valence-corrected chi connectivity index (χ1v) is 7.02. The minimum absolute atomic E-state index is 0.152. The molecular formula is C16H16N2O4. The Balaban J connectivity index is 2.20. The molecule has 114 valence electrons. The van der Waals surface area contributed by atoms with Crippen LogP contribution >= 0.6 is 0 Å². The summed E-state index contributed by atoms with van der Waals surface area (Å²) < 4.78 is 11.6. The third-order valence-electron chi connectivity index (χ3n) is 4.07. The van der Waals surface area contributed by atoms with Gasteiger partial charge in [0.25, 0.3) is 5.91 Å². The van der Waals surface area contributed by atoms with Crippen LogP contribution in [0.1, 0.15) is 37.9 Å². The molecule has 0 unspecified atom stereocenters. The van der Waals surface area contributed by atoms with Crippen molar-refractivity contribution in [3.05, 3.63) is 29.3 Å². The molecule has 1 aromatic rings. The first kappa shape index (κ1) is 14.5. The Labute approximate surface area is 128 Å². The number of ether oxygens (including phenoxy) is 2. The van der Waals surface area contributed by atoms with Gasteiger partial charge in [0.15, 0.2) is 0 Å². The lowest BCUT2D eigenvalue weighted by molar-refractivity contribution is -0.186. The zero-order valence-electron chi connectivity index (χ0n) is 12.6. The van der Waals surface area contributed by atoms with Crippen molar-refractivity contribution in [2.45, 2.75) is 38.5 Å². The van der Waals surface area contributed by atoms with Crippen LogP contribution in [0.2, 0.25) is 0 Å². The van der Waals surface area contributed by atoms with Crippen LogP contribution in [0.15, 0.2) is 18.2 Å². The second-order valence-corrected chi connectivity index (χ2v) is 6.03. The molecule has 0 spiro atoms. The van der Waals surface area contributed by atoms with Gasteiger partial charge in [0.2, 0.25) is 5.91 Å². The maximum Gasteiger partial charge on any atom is 0.255 e. The Bertz CT molecular complexity index is 705. The van der Waals surface area contributed by atoms with Gasteiger partial charge in [0.1, 0.15) is 24.1 Å². The number of benzene rings is 1. The van der Waals surface area contributed by atoms with Gasteiger partial charge in [0, 0.05) is 12.5 Å². The number of hydrogen-bond donors (Lipinski definition) is 0. The number of rotatable bonds is 0. The van der Waals surface area contributed by atoms with Gasteiger partial charge in [-0.15, -0.1) is 0 Å². The van der Waals surface area contributed by atoms with Crippen molar-refractivity contribution in [3.8, 4) is 11.8 Å². The number of nitrogens with zero attached hydrogens (tertiary/aromatic N) is 2. The normalized spacial score (nSPS) is 25.5. The molecule has 2 atom stereocenters. The molecule has 0 bridgehead atoms. The van der Waals surface area contributed by atoms with Crippen molar-refractivity contribution in [1.82, 2.24) is 4.90 Å². The second kappa shape index (κ2) is 4.82. The minimum atomic E-state index is -0.694. The standard InChI is InChI=1S/C16H16N2O4/c1-9(19)18-13(20)8-21-15-14(18)11-6-10(7-17)4-5-12(11)22-16(15,2)3/h4-6,14-15H,8H2,1-3H3/t14-,15-/m1/s1. The van der Waals surface area contributed by atoms with Gasteiger partial charge >= 0.3 is 0 Å². The number of morpholine rings is 1. The number of hydrogen-bond acceptors (Lipinski definition) is 5. The summed E-state index contributed by atoms with van der Waals surface area (Å²) in [7, 11) is 0. The van der Waals surface area contributed by atoms with Crippen LogP contribution in [0, 0.1) is 11.3 Å². The molecule has 0 aromatic heterocycles. The van der Waals surface area contributed by atoms with Gasteiger partial charge in [0.05, 0.1) is 17.7 Å². The second-order valence-electron chi connectivity index (χ2n) is 6.03. The zero-order valence-corrected chi connectivity index (χ0v) is 12.6. The number of nitriles is 1. The Hall–Kier alpha value is -2.39. The van der Waals surface area contributed by atoms with Crippen LogP contribution in [0.5, 0.6) is 5.75 Å². The zero-order chi connectivity index (χ0) is 16.1. The third kappa shape index (κ3) is 2.06. The predicted molar refractivity (Wildman–Crippen MR) is 75.9 cm³/mol. The Morgan fingerprint density at radius 2 is 2.18 bits per heavy atom. The maximum atomic E-state index is 12.1. The lowest BCUT2D eigenvalue weighted by atomic mass is 9.83. The molecule has 2 heterocycles. The first-order valence-electron chi connectivity index (χ1n) is 7.02. The van der Waals surface area contributed by atoms with E-state index in [4.69, 9.17) is 14.7 Å². The van der Waals surface area contributed by atoms with Crippen LogP contribution in [0.3, 0.4) is 0 Å². The summed E-state index contributed by atoms with van der Waals surface area (Å²) in [6.07, 6.45) is -0.476. The fraction of sp³-hybridized carbons (Fsp3) is 0.438. The molecule has 6 heteroatoms. The quantitative estimate of drug-likeness (QED) is 0.726. The van der Waals surface area contributed by atoms with Crippen LogP contribution in [-0.2, 0) is 14.3 Å². The van der Waals surface area contributed by atoms with E-state index in [1.54, 1.807) is 18.2 Å². The Kier molecular flexibility index (Phi) is 3.18. The SMILES string of the molecule is CC(=O)N1C(=O)CO[C@@H]2[C@H]1c1cc(C#N)ccc1OC2(C)C. The molecule has 22 heavy (non-hydrogen) atoms. The molecule has 1 saturated heterocycles. The lowest BCUT2D eigenvalue weighted by Gasteiger charge is -2.49. The van der Waals surface area contributed by atoms with Gasteiger partial charge in [-0.1, -0.05) is 0 Å². The number of carbonyl (C=O) groups is 2. The van der Waals surface area contributed by atoms with E-state index in [9.17, 15) is 9.59 Å². The van der Waals surface area contributed by atoms with E-state index in [0.717, 1.165) is 0 Å². The average molecular weight is 300 g/mol. The van der Waals surface area contributed by atoms with Crippen molar-refractivity contribution >= 4 is 11.8 Å². The summed E-state index contributed by atoms with van der Waals surface area (Å²) >= 11 is 0. The lowest BCUT2D eigenvalue weighted by Crippen LogP contribution is -2.61. The summed E-state index contributed by atoms with van der Waals surface area (Å²) in [4.78, 5) is 25.3. The van der Waals surface area contributed by atoms with E-state index in [2.05, 4.69) is 6.07 Å². The van der Waals surface area contributed by atoms with Gasteiger partial charge in [-0.25, -0.2) is 0 Å². The number of imide groups is 1. The highest BCUT2D eigenvalue weighted by atomic mass is 16.6. The van der Waals surface area contributed by atoms with E-state index in [1.807, 2.05) is 13.8 Å².